The second-order valence-corrected chi connectivity index (χ2v) is 6.22. The summed E-state index contributed by atoms with van der Waals surface area (Å²) in [6.07, 6.45) is 2.54. The van der Waals surface area contributed by atoms with Crippen LogP contribution in [0.15, 0.2) is 4.47 Å². The minimum Gasteiger partial charge on any atom is -0.383 e. The second-order valence-electron chi connectivity index (χ2n) is 5.43. The fourth-order valence-electron chi connectivity index (χ4n) is 2.35. The van der Waals surface area contributed by atoms with Crippen molar-refractivity contribution in [2.45, 2.75) is 59.5 Å². The van der Waals surface area contributed by atoms with Gasteiger partial charge >= 0.3 is 0 Å². The van der Waals surface area contributed by atoms with Gasteiger partial charge in [-0.05, 0) is 48.0 Å². The van der Waals surface area contributed by atoms with Gasteiger partial charge in [0, 0.05) is 6.61 Å². The van der Waals surface area contributed by atoms with Crippen LogP contribution in [-0.4, -0.2) is 16.6 Å². The molecule has 0 saturated carbocycles. The fourth-order valence-corrected chi connectivity index (χ4v) is 2.69. The lowest BCUT2D eigenvalue weighted by Crippen LogP contribution is -2.31. The molecule has 0 amide bonds. The van der Waals surface area contributed by atoms with Crippen LogP contribution in [-0.2, 0) is 16.8 Å². The zero-order valence-corrected chi connectivity index (χ0v) is 14.7. The predicted molar refractivity (Wildman–Crippen MR) is 86.6 cm³/mol. The van der Waals surface area contributed by atoms with Crippen LogP contribution in [0.4, 0.5) is 5.82 Å². The number of anilines is 1. The van der Waals surface area contributed by atoms with E-state index >= 15 is 0 Å². The van der Waals surface area contributed by atoms with Gasteiger partial charge in [-0.3, -0.25) is 0 Å². The molecule has 0 radical (unpaired) electrons. The molecule has 0 aliphatic heterocycles. The summed E-state index contributed by atoms with van der Waals surface area (Å²) < 4.78 is 6.79. The molecular weight excluding hydrogens is 318 g/mol. The van der Waals surface area contributed by atoms with Crippen LogP contribution >= 0.6 is 15.9 Å². The van der Waals surface area contributed by atoms with Gasteiger partial charge < -0.3 is 10.5 Å². The van der Waals surface area contributed by atoms with E-state index in [1.54, 1.807) is 0 Å². The zero-order chi connectivity index (χ0) is 15.3. The van der Waals surface area contributed by atoms with Crippen molar-refractivity contribution >= 4 is 21.7 Å². The highest BCUT2D eigenvalue weighted by atomic mass is 79.9. The smallest absolute Gasteiger partial charge is 0.162 e. The van der Waals surface area contributed by atoms with E-state index in [1.807, 2.05) is 6.92 Å². The van der Waals surface area contributed by atoms with E-state index in [1.165, 1.54) is 0 Å². The number of rotatable bonds is 7. The molecule has 2 N–H and O–H groups in total. The van der Waals surface area contributed by atoms with Gasteiger partial charge in [0.1, 0.15) is 11.4 Å². The summed E-state index contributed by atoms with van der Waals surface area (Å²) in [5, 5.41) is 0. The maximum atomic E-state index is 6.05. The average Bonchev–Trinajstić information content (AvgIpc) is 2.40. The number of nitrogens with two attached hydrogens (primary N) is 1. The molecule has 1 aromatic rings. The van der Waals surface area contributed by atoms with Crippen LogP contribution in [0.5, 0.6) is 0 Å². The van der Waals surface area contributed by atoms with E-state index in [0.717, 1.165) is 29.4 Å². The number of ether oxygens (including phenoxy) is 1. The average molecular weight is 344 g/mol. The third-order valence-electron chi connectivity index (χ3n) is 3.52. The number of nitrogens with zero attached hydrogens (tertiary/aromatic N) is 2. The lowest BCUT2D eigenvalue weighted by atomic mass is 9.95. The molecule has 5 heteroatoms. The Morgan fingerprint density at radius 1 is 1.20 bits per heavy atom. The van der Waals surface area contributed by atoms with Crippen molar-refractivity contribution in [1.29, 1.82) is 0 Å². The highest BCUT2D eigenvalue weighted by Crippen LogP contribution is 2.33. The molecular formula is C15H26BrN3O. The van der Waals surface area contributed by atoms with Crippen molar-refractivity contribution in [2.75, 3.05) is 12.3 Å². The fraction of sp³-hybridized carbons (Fsp3) is 0.733. The molecule has 114 valence electrons. The van der Waals surface area contributed by atoms with Gasteiger partial charge in [0.05, 0.1) is 10.2 Å². The first-order valence-corrected chi connectivity index (χ1v) is 8.15. The van der Waals surface area contributed by atoms with Crippen molar-refractivity contribution in [3.63, 3.8) is 0 Å². The molecule has 0 spiro atoms. The summed E-state index contributed by atoms with van der Waals surface area (Å²) in [6, 6.07) is 0. The summed E-state index contributed by atoms with van der Waals surface area (Å²) in [4.78, 5) is 9.21. The number of halogens is 1. The Morgan fingerprint density at radius 2 is 1.80 bits per heavy atom. The Labute approximate surface area is 130 Å². The summed E-state index contributed by atoms with van der Waals surface area (Å²) >= 11 is 3.50. The van der Waals surface area contributed by atoms with Gasteiger partial charge in [-0.25, -0.2) is 9.97 Å². The first kappa shape index (κ1) is 17.4. The highest BCUT2D eigenvalue weighted by molar-refractivity contribution is 9.10. The minimum absolute atomic E-state index is 0.435. The SMILES string of the molecule is CCOC(CC)(CC)c1nc(N)c(Br)c(CC(C)C)n1. The highest BCUT2D eigenvalue weighted by Gasteiger charge is 2.33. The van der Waals surface area contributed by atoms with Gasteiger partial charge in [-0.15, -0.1) is 0 Å². The minimum atomic E-state index is -0.435. The topological polar surface area (TPSA) is 61.0 Å². The molecule has 0 bridgehead atoms. The predicted octanol–water partition coefficient (Wildman–Crippen LogP) is 4.07. The molecule has 0 aliphatic rings. The molecule has 20 heavy (non-hydrogen) atoms. The van der Waals surface area contributed by atoms with E-state index in [9.17, 15) is 0 Å². The van der Waals surface area contributed by atoms with E-state index in [0.29, 0.717) is 24.2 Å². The molecule has 1 aromatic heterocycles. The van der Waals surface area contributed by atoms with Crippen molar-refractivity contribution in [3.8, 4) is 0 Å². The molecule has 4 nitrogen and oxygen atoms in total. The van der Waals surface area contributed by atoms with Crippen molar-refractivity contribution in [3.05, 3.63) is 16.0 Å². The standard InChI is InChI=1S/C15H26BrN3O/c1-6-15(7-2,20-8-3)14-18-11(9-10(4)5)12(16)13(17)19-14/h10H,6-9H2,1-5H3,(H2,17,18,19). The van der Waals surface area contributed by atoms with Crippen LogP contribution in [0, 0.1) is 5.92 Å². The Kier molecular flexibility index (Phi) is 6.40. The summed E-state index contributed by atoms with van der Waals surface area (Å²) in [7, 11) is 0. The summed E-state index contributed by atoms with van der Waals surface area (Å²) in [5.41, 5.74) is 6.58. The quantitative estimate of drug-likeness (QED) is 0.810. The van der Waals surface area contributed by atoms with Crippen LogP contribution < -0.4 is 5.73 Å². The molecule has 0 aromatic carbocycles. The summed E-state index contributed by atoms with van der Waals surface area (Å²) in [6.45, 7) is 11.2. The molecule has 1 heterocycles. The van der Waals surface area contributed by atoms with Gasteiger partial charge in [0.15, 0.2) is 5.82 Å². The number of hydrogen-bond donors (Lipinski definition) is 1. The Morgan fingerprint density at radius 3 is 2.25 bits per heavy atom. The van der Waals surface area contributed by atoms with E-state index < -0.39 is 5.60 Å². The lowest BCUT2D eigenvalue weighted by molar-refractivity contribution is -0.0572. The third kappa shape index (κ3) is 3.70. The van der Waals surface area contributed by atoms with E-state index in [2.05, 4.69) is 48.6 Å². The Bertz CT molecular complexity index is 445. The van der Waals surface area contributed by atoms with E-state index in [-0.39, 0.29) is 0 Å². The zero-order valence-electron chi connectivity index (χ0n) is 13.2. The largest absolute Gasteiger partial charge is 0.383 e. The molecule has 1 rings (SSSR count). The van der Waals surface area contributed by atoms with Crippen molar-refractivity contribution in [1.82, 2.24) is 9.97 Å². The first-order valence-electron chi connectivity index (χ1n) is 7.36. The maximum Gasteiger partial charge on any atom is 0.162 e. The monoisotopic (exact) mass is 343 g/mol. The number of nitrogen functional groups attached to an aromatic ring is 1. The maximum absolute atomic E-state index is 6.05. The number of hydrogen-bond acceptors (Lipinski definition) is 4. The molecule has 0 aliphatic carbocycles. The van der Waals surface area contributed by atoms with E-state index in [4.69, 9.17) is 15.5 Å². The molecule has 0 atom stereocenters. The van der Waals surface area contributed by atoms with Gasteiger partial charge in [0.25, 0.3) is 0 Å². The van der Waals surface area contributed by atoms with Gasteiger partial charge in [0.2, 0.25) is 0 Å². The lowest BCUT2D eigenvalue weighted by Gasteiger charge is -2.30. The Hall–Kier alpha value is -0.680. The third-order valence-corrected chi connectivity index (χ3v) is 4.38. The normalized spacial score (nSPS) is 12.2. The van der Waals surface area contributed by atoms with Crippen molar-refractivity contribution in [2.24, 2.45) is 5.92 Å². The molecule has 0 saturated heterocycles. The van der Waals surface area contributed by atoms with Crippen molar-refractivity contribution < 1.29 is 4.74 Å². The van der Waals surface area contributed by atoms with Crippen LogP contribution in [0.25, 0.3) is 0 Å². The summed E-state index contributed by atoms with van der Waals surface area (Å²) in [5.74, 6) is 1.72. The second kappa shape index (κ2) is 7.36. The van der Waals surface area contributed by atoms with Crippen LogP contribution in [0.3, 0.4) is 0 Å². The Balaban J connectivity index is 3.32. The van der Waals surface area contributed by atoms with Crippen LogP contribution in [0.2, 0.25) is 0 Å². The van der Waals surface area contributed by atoms with Crippen LogP contribution in [0.1, 0.15) is 59.0 Å². The van der Waals surface area contributed by atoms with Gasteiger partial charge in [-0.2, -0.15) is 0 Å². The first-order chi connectivity index (χ1) is 9.40. The molecule has 0 fully saturated rings. The number of aromatic nitrogens is 2. The van der Waals surface area contributed by atoms with Gasteiger partial charge in [-0.1, -0.05) is 27.7 Å². The molecule has 0 unspecified atom stereocenters.